The molecule has 6 nitrogen and oxygen atoms in total. The molecule has 7 heteroatoms. The summed E-state index contributed by atoms with van der Waals surface area (Å²) in [7, 11) is 0. The Kier molecular flexibility index (Phi) is 7.50. The zero-order valence-electron chi connectivity index (χ0n) is 14.1. The molecule has 0 radical (unpaired) electrons. The first-order valence-electron chi connectivity index (χ1n) is 8.26. The van der Waals surface area contributed by atoms with Crippen LogP contribution in [0, 0.1) is 16.9 Å². The van der Waals surface area contributed by atoms with Gasteiger partial charge in [-0.3, -0.25) is 20.2 Å². The summed E-state index contributed by atoms with van der Waals surface area (Å²) < 4.78 is 0. The van der Waals surface area contributed by atoms with E-state index in [1.54, 1.807) is 12.5 Å². The number of nitrogens with one attached hydrogen (secondary N) is 1. The molecule has 0 spiro atoms. The zero-order valence-corrected chi connectivity index (χ0v) is 14.9. The van der Waals surface area contributed by atoms with Crippen molar-refractivity contribution in [3.63, 3.8) is 0 Å². The van der Waals surface area contributed by atoms with Crippen molar-refractivity contribution in [1.82, 2.24) is 14.8 Å². The van der Waals surface area contributed by atoms with Crippen LogP contribution in [0.1, 0.15) is 30.5 Å². The molecule has 24 heavy (non-hydrogen) atoms. The third kappa shape index (κ3) is 5.78. The predicted octanol–water partition coefficient (Wildman–Crippen LogP) is 2.05. The summed E-state index contributed by atoms with van der Waals surface area (Å²) in [5, 5.41) is 27.1. The van der Waals surface area contributed by atoms with Crippen LogP contribution in [-0.2, 0) is 13.0 Å². The van der Waals surface area contributed by atoms with E-state index in [1.165, 1.54) is 41.5 Å². The summed E-state index contributed by atoms with van der Waals surface area (Å²) in [5.74, 6) is 0. The van der Waals surface area contributed by atoms with Crippen LogP contribution in [0.3, 0.4) is 0 Å². The van der Waals surface area contributed by atoms with Gasteiger partial charge in [-0.05, 0) is 49.9 Å². The van der Waals surface area contributed by atoms with Crippen LogP contribution in [-0.4, -0.2) is 57.1 Å². The molecule has 0 aromatic carbocycles. The Bertz CT molecular complexity index is 583. The fourth-order valence-corrected chi connectivity index (χ4v) is 3.25. The molecule has 0 saturated carbocycles. The van der Waals surface area contributed by atoms with Crippen molar-refractivity contribution in [3.05, 3.63) is 29.6 Å². The van der Waals surface area contributed by atoms with Gasteiger partial charge in [0.2, 0.25) is 0 Å². The number of nitriles is 1. The van der Waals surface area contributed by atoms with Crippen LogP contribution in [0.15, 0.2) is 18.3 Å². The number of hydrogen-bond acceptors (Lipinski definition) is 6. The van der Waals surface area contributed by atoms with Gasteiger partial charge < -0.3 is 5.11 Å². The van der Waals surface area contributed by atoms with Crippen molar-refractivity contribution in [1.29, 1.82) is 10.7 Å². The van der Waals surface area contributed by atoms with Crippen molar-refractivity contribution in [3.8, 4) is 6.19 Å². The number of likely N-dealkylation sites (tertiary alicyclic amines) is 1. The van der Waals surface area contributed by atoms with Crippen LogP contribution < -0.4 is 0 Å². The van der Waals surface area contributed by atoms with Crippen molar-refractivity contribution < 1.29 is 5.11 Å². The zero-order chi connectivity index (χ0) is 17.4. The Hall–Kier alpha value is -1.62. The van der Waals surface area contributed by atoms with Gasteiger partial charge in [0.05, 0.1) is 12.6 Å². The third-order valence-corrected chi connectivity index (χ3v) is 4.74. The Balaban J connectivity index is 1.91. The molecule has 0 amide bonds. The summed E-state index contributed by atoms with van der Waals surface area (Å²) in [6.07, 6.45) is 8.97. The lowest BCUT2D eigenvalue weighted by atomic mass is 10.1. The Morgan fingerprint density at radius 3 is 2.92 bits per heavy atom. The minimum atomic E-state index is -0.727. The molecule has 2 rings (SSSR count). The van der Waals surface area contributed by atoms with Gasteiger partial charge in [-0.2, -0.15) is 5.26 Å². The van der Waals surface area contributed by atoms with Crippen LogP contribution in [0.4, 0.5) is 0 Å². The van der Waals surface area contributed by atoms with Gasteiger partial charge in [-0.15, -0.1) is 0 Å². The number of piperidine rings is 1. The van der Waals surface area contributed by atoms with Gasteiger partial charge in [0, 0.05) is 24.9 Å². The Labute approximate surface area is 148 Å². The van der Waals surface area contributed by atoms with Crippen LogP contribution in [0.2, 0.25) is 0 Å². The third-order valence-electron chi connectivity index (χ3n) is 4.13. The first kappa shape index (κ1) is 18.7. The van der Waals surface area contributed by atoms with Gasteiger partial charge in [0.15, 0.2) is 11.4 Å². The highest BCUT2D eigenvalue weighted by Gasteiger charge is 2.16. The second-order valence-electron chi connectivity index (χ2n) is 6.07. The van der Waals surface area contributed by atoms with Gasteiger partial charge in [-0.1, -0.05) is 18.2 Å². The molecule has 2 N–H and O–H groups in total. The van der Waals surface area contributed by atoms with Gasteiger partial charge in [0.1, 0.15) is 0 Å². The lowest BCUT2D eigenvalue weighted by Crippen LogP contribution is -2.33. The summed E-state index contributed by atoms with van der Waals surface area (Å²) in [6.45, 7) is 3.34. The SMILES string of the molecule is CSC(=N)N(C#N)CC(O)Cc1cc(CN2CCCCC2)ccn1. The van der Waals surface area contributed by atoms with Gasteiger partial charge >= 0.3 is 0 Å². The minimum absolute atomic E-state index is 0.119. The molecule has 2 heterocycles. The fraction of sp³-hybridized carbons (Fsp3) is 0.588. The van der Waals surface area contributed by atoms with E-state index >= 15 is 0 Å². The number of hydrogen-bond donors (Lipinski definition) is 2. The molecule has 0 aliphatic carbocycles. The number of nitrogens with zero attached hydrogens (tertiary/aromatic N) is 4. The van der Waals surface area contributed by atoms with Crippen molar-refractivity contribution in [2.24, 2.45) is 0 Å². The van der Waals surface area contributed by atoms with E-state index < -0.39 is 6.10 Å². The maximum atomic E-state index is 10.2. The lowest BCUT2D eigenvalue weighted by Gasteiger charge is -2.26. The predicted molar refractivity (Wildman–Crippen MR) is 96.6 cm³/mol. The second-order valence-corrected chi connectivity index (χ2v) is 6.87. The van der Waals surface area contributed by atoms with Crippen LogP contribution >= 0.6 is 11.8 Å². The van der Waals surface area contributed by atoms with Crippen molar-refractivity contribution in [2.45, 2.75) is 38.3 Å². The molecule has 1 aliphatic heterocycles. The maximum Gasteiger partial charge on any atom is 0.186 e. The number of aliphatic hydroxyl groups is 1. The second kappa shape index (κ2) is 9.62. The fourth-order valence-electron chi connectivity index (χ4n) is 2.91. The van der Waals surface area contributed by atoms with Crippen LogP contribution in [0.25, 0.3) is 0 Å². The number of amidine groups is 1. The number of aliphatic hydroxyl groups excluding tert-OH is 1. The summed E-state index contributed by atoms with van der Waals surface area (Å²) in [6, 6.07) is 4.06. The highest BCUT2D eigenvalue weighted by Crippen LogP contribution is 2.14. The first-order chi connectivity index (χ1) is 11.6. The molecule has 1 atom stereocenters. The van der Waals surface area contributed by atoms with Gasteiger partial charge in [-0.25, -0.2) is 0 Å². The summed E-state index contributed by atoms with van der Waals surface area (Å²) in [5.41, 5.74) is 2.04. The van der Waals surface area contributed by atoms with E-state index in [0.29, 0.717) is 6.42 Å². The molecular formula is C17H25N5OS. The molecule has 1 aromatic heterocycles. The molecule has 1 saturated heterocycles. The number of rotatable bonds is 6. The van der Waals surface area contributed by atoms with E-state index in [9.17, 15) is 5.11 Å². The lowest BCUT2D eigenvalue weighted by molar-refractivity contribution is 0.156. The van der Waals surface area contributed by atoms with Crippen molar-refractivity contribution in [2.75, 3.05) is 25.9 Å². The van der Waals surface area contributed by atoms with E-state index in [-0.39, 0.29) is 11.7 Å². The van der Waals surface area contributed by atoms with E-state index in [4.69, 9.17) is 10.7 Å². The average Bonchev–Trinajstić information content (AvgIpc) is 2.60. The minimum Gasteiger partial charge on any atom is -0.391 e. The number of pyridine rings is 1. The molecule has 1 aliphatic rings. The molecular weight excluding hydrogens is 322 g/mol. The largest absolute Gasteiger partial charge is 0.391 e. The Morgan fingerprint density at radius 2 is 2.25 bits per heavy atom. The van der Waals surface area contributed by atoms with Gasteiger partial charge in [0.25, 0.3) is 0 Å². The van der Waals surface area contributed by atoms with Crippen molar-refractivity contribution >= 4 is 16.9 Å². The summed E-state index contributed by atoms with van der Waals surface area (Å²) in [4.78, 5) is 7.99. The standard InChI is InChI=1S/C17H25N5OS/c1-24-17(19)22(13-18)12-16(23)10-15-9-14(5-6-20-15)11-21-7-3-2-4-8-21/h5-6,9,16,19,23H,2-4,7-8,10-12H2,1H3. The normalized spacial score (nSPS) is 16.4. The van der Waals surface area contributed by atoms with E-state index in [0.717, 1.165) is 25.3 Å². The molecule has 130 valence electrons. The maximum absolute atomic E-state index is 10.2. The molecule has 1 unspecified atom stereocenters. The van der Waals surface area contributed by atoms with E-state index in [2.05, 4.69) is 9.88 Å². The van der Waals surface area contributed by atoms with E-state index in [1.807, 2.05) is 18.3 Å². The average molecular weight is 347 g/mol. The molecule has 0 bridgehead atoms. The molecule has 1 aromatic rings. The summed E-state index contributed by atoms with van der Waals surface area (Å²) >= 11 is 1.18. The highest BCUT2D eigenvalue weighted by molar-refractivity contribution is 8.13. The Morgan fingerprint density at radius 1 is 1.50 bits per heavy atom. The highest BCUT2D eigenvalue weighted by atomic mass is 32.2. The molecule has 1 fully saturated rings. The smallest absolute Gasteiger partial charge is 0.186 e. The van der Waals surface area contributed by atoms with Crippen LogP contribution in [0.5, 0.6) is 0 Å². The monoisotopic (exact) mass is 347 g/mol. The first-order valence-corrected chi connectivity index (χ1v) is 9.49. The topological polar surface area (TPSA) is 87.2 Å². The number of aromatic nitrogens is 1. The quantitative estimate of drug-likeness (QED) is 0.354. The number of thioether (sulfide) groups is 1.